The van der Waals surface area contributed by atoms with Crippen molar-refractivity contribution in [2.24, 2.45) is 0 Å². The summed E-state index contributed by atoms with van der Waals surface area (Å²) in [4.78, 5) is -0.486. The highest BCUT2D eigenvalue weighted by Gasteiger charge is 2.39. The van der Waals surface area contributed by atoms with Crippen LogP contribution in [0.3, 0.4) is 0 Å². The zero-order valence-corrected chi connectivity index (χ0v) is 18.2. The van der Waals surface area contributed by atoms with Gasteiger partial charge in [0.05, 0.1) is 18.6 Å². The van der Waals surface area contributed by atoms with Gasteiger partial charge in [0.2, 0.25) is 10.0 Å². The van der Waals surface area contributed by atoms with Gasteiger partial charge in [0.1, 0.15) is 16.5 Å². The fourth-order valence-corrected chi connectivity index (χ4v) is 7.20. The minimum Gasteiger partial charge on any atom is -0.497 e. The van der Waals surface area contributed by atoms with E-state index in [9.17, 15) is 21.2 Å². The number of hydrogen-bond donors (Lipinski definition) is 0. The average Bonchev–Trinajstić information content (AvgIpc) is 3.01. The van der Waals surface area contributed by atoms with Crippen molar-refractivity contribution in [1.82, 2.24) is 4.31 Å². The molecule has 2 aromatic rings. The number of rotatable bonds is 6. The van der Waals surface area contributed by atoms with Crippen LogP contribution < -0.4 is 4.74 Å². The second-order valence-electron chi connectivity index (χ2n) is 6.53. The molecule has 2 aromatic carbocycles. The molecular formula is C18H19BrFNO5S2. The van der Waals surface area contributed by atoms with Crippen molar-refractivity contribution in [2.75, 3.05) is 18.6 Å². The molecule has 10 heteroatoms. The van der Waals surface area contributed by atoms with Crippen LogP contribution in [0.25, 0.3) is 0 Å². The first kappa shape index (κ1) is 21.2. The topological polar surface area (TPSA) is 80.8 Å². The molecule has 1 aliphatic rings. The molecule has 1 aliphatic heterocycles. The Kier molecular flexibility index (Phi) is 6.14. The minimum absolute atomic E-state index is 0.0710. The first-order chi connectivity index (χ1) is 13.1. The molecule has 0 aliphatic carbocycles. The van der Waals surface area contributed by atoms with Crippen LogP contribution >= 0.6 is 15.9 Å². The van der Waals surface area contributed by atoms with E-state index in [0.717, 1.165) is 10.4 Å². The fourth-order valence-electron chi connectivity index (χ4n) is 3.12. The maximum absolute atomic E-state index is 14.3. The van der Waals surface area contributed by atoms with Crippen LogP contribution in [0.5, 0.6) is 5.75 Å². The number of hydrogen-bond acceptors (Lipinski definition) is 5. The van der Waals surface area contributed by atoms with E-state index < -0.39 is 36.6 Å². The molecule has 0 bridgehead atoms. The first-order valence-electron chi connectivity index (χ1n) is 8.42. The molecule has 0 aromatic heterocycles. The van der Waals surface area contributed by atoms with Crippen molar-refractivity contribution in [2.45, 2.75) is 23.9 Å². The first-order valence-corrected chi connectivity index (χ1v) is 12.5. The summed E-state index contributed by atoms with van der Waals surface area (Å²) in [5, 5.41) is 0. The summed E-state index contributed by atoms with van der Waals surface area (Å²) in [5.74, 6) is -0.644. The van der Waals surface area contributed by atoms with Crippen molar-refractivity contribution < 1.29 is 26.0 Å². The van der Waals surface area contributed by atoms with Gasteiger partial charge in [-0.15, -0.1) is 0 Å². The van der Waals surface area contributed by atoms with E-state index in [-0.39, 0.29) is 24.5 Å². The lowest BCUT2D eigenvalue weighted by Gasteiger charge is -2.27. The molecule has 1 fully saturated rings. The lowest BCUT2D eigenvalue weighted by molar-refractivity contribution is 0.332. The zero-order chi connectivity index (χ0) is 20.5. The molecule has 0 radical (unpaired) electrons. The van der Waals surface area contributed by atoms with E-state index in [4.69, 9.17) is 4.74 Å². The quantitative estimate of drug-likeness (QED) is 0.620. The van der Waals surface area contributed by atoms with Gasteiger partial charge in [-0.25, -0.2) is 21.2 Å². The summed E-state index contributed by atoms with van der Waals surface area (Å²) in [6.45, 7) is -0.0710. The van der Waals surface area contributed by atoms with E-state index in [1.54, 1.807) is 24.3 Å². The molecule has 0 amide bonds. The van der Waals surface area contributed by atoms with Gasteiger partial charge in [0.15, 0.2) is 9.84 Å². The lowest BCUT2D eigenvalue weighted by Crippen LogP contribution is -2.40. The number of halogens is 2. The Morgan fingerprint density at radius 1 is 1.21 bits per heavy atom. The average molecular weight is 492 g/mol. The molecule has 152 valence electrons. The van der Waals surface area contributed by atoms with Crippen LogP contribution in [0.2, 0.25) is 0 Å². The SMILES string of the molecule is COc1ccc(CN(C2CCS(=O)(=O)C2)S(=O)(=O)c2cc(Br)ccc2F)cc1. The van der Waals surface area contributed by atoms with E-state index in [2.05, 4.69) is 15.9 Å². The third kappa shape index (κ3) is 4.56. The second kappa shape index (κ2) is 8.10. The fraction of sp³-hybridized carbons (Fsp3) is 0.333. The number of nitrogens with zero attached hydrogens (tertiary/aromatic N) is 1. The number of sulfone groups is 1. The van der Waals surface area contributed by atoms with Gasteiger partial charge in [-0.2, -0.15) is 4.31 Å². The van der Waals surface area contributed by atoms with Gasteiger partial charge in [0.25, 0.3) is 0 Å². The largest absolute Gasteiger partial charge is 0.497 e. The molecule has 3 rings (SSSR count). The molecule has 1 atom stereocenters. The van der Waals surface area contributed by atoms with E-state index in [1.165, 1.54) is 19.2 Å². The molecule has 0 N–H and O–H groups in total. The summed E-state index contributed by atoms with van der Waals surface area (Å²) < 4.78 is 71.4. The number of benzene rings is 2. The van der Waals surface area contributed by atoms with Gasteiger partial charge in [-0.1, -0.05) is 28.1 Å². The van der Waals surface area contributed by atoms with E-state index in [0.29, 0.717) is 15.8 Å². The molecule has 1 heterocycles. The predicted molar refractivity (Wildman–Crippen MR) is 107 cm³/mol. The molecule has 28 heavy (non-hydrogen) atoms. The Bertz CT molecular complexity index is 1070. The Balaban J connectivity index is 2.03. The highest BCUT2D eigenvalue weighted by atomic mass is 79.9. The molecular weight excluding hydrogens is 473 g/mol. The maximum Gasteiger partial charge on any atom is 0.246 e. The number of ether oxygens (including phenoxy) is 1. The third-order valence-electron chi connectivity index (χ3n) is 4.59. The van der Waals surface area contributed by atoms with Gasteiger partial charge < -0.3 is 4.74 Å². The lowest BCUT2D eigenvalue weighted by atomic mass is 10.2. The second-order valence-corrected chi connectivity index (χ2v) is 11.5. The van der Waals surface area contributed by atoms with Crippen molar-refractivity contribution in [3.63, 3.8) is 0 Å². The summed E-state index contributed by atoms with van der Waals surface area (Å²) in [7, 11) is -6.08. The summed E-state index contributed by atoms with van der Waals surface area (Å²) in [6.07, 6.45) is 0.174. The predicted octanol–water partition coefficient (Wildman–Crippen LogP) is 2.97. The molecule has 0 saturated carbocycles. The Labute approximate surface area is 172 Å². The minimum atomic E-state index is -4.27. The molecule has 0 spiro atoms. The van der Waals surface area contributed by atoms with Gasteiger partial charge in [0, 0.05) is 17.1 Å². The number of methoxy groups -OCH3 is 1. The van der Waals surface area contributed by atoms with Crippen LogP contribution in [0, 0.1) is 5.82 Å². The number of sulfonamides is 1. The standard InChI is InChI=1S/C18H19BrFNO5S2/c1-26-16-5-2-13(3-6-16)11-21(15-8-9-27(22,23)12-15)28(24,25)18-10-14(19)4-7-17(18)20/h2-7,10,15H,8-9,11-12H2,1H3. The maximum atomic E-state index is 14.3. The summed E-state index contributed by atoms with van der Waals surface area (Å²) in [6, 6.07) is 9.67. The normalized spacial score (nSPS) is 19.1. The van der Waals surface area contributed by atoms with Gasteiger partial charge >= 0.3 is 0 Å². The van der Waals surface area contributed by atoms with Crippen molar-refractivity contribution in [1.29, 1.82) is 0 Å². The smallest absolute Gasteiger partial charge is 0.246 e. The zero-order valence-electron chi connectivity index (χ0n) is 15.0. The molecule has 1 saturated heterocycles. The summed E-state index contributed by atoms with van der Waals surface area (Å²) in [5.41, 5.74) is 0.643. The highest BCUT2D eigenvalue weighted by Crippen LogP contribution is 2.30. The van der Waals surface area contributed by atoms with Crippen molar-refractivity contribution >= 4 is 35.8 Å². The van der Waals surface area contributed by atoms with Crippen LogP contribution in [0.4, 0.5) is 4.39 Å². The van der Waals surface area contributed by atoms with Crippen molar-refractivity contribution in [3.8, 4) is 5.75 Å². The Hall–Kier alpha value is -1.49. The summed E-state index contributed by atoms with van der Waals surface area (Å²) >= 11 is 3.16. The Morgan fingerprint density at radius 3 is 2.46 bits per heavy atom. The monoisotopic (exact) mass is 491 g/mol. The van der Waals surface area contributed by atoms with Crippen LogP contribution in [-0.4, -0.2) is 45.8 Å². The van der Waals surface area contributed by atoms with Crippen molar-refractivity contribution in [3.05, 3.63) is 58.3 Å². The molecule has 6 nitrogen and oxygen atoms in total. The third-order valence-corrected chi connectivity index (χ3v) is 8.75. The van der Waals surface area contributed by atoms with E-state index in [1.807, 2.05) is 0 Å². The highest BCUT2D eigenvalue weighted by molar-refractivity contribution is 9.10. The van der Waals surface area contributed by atoms with Gasteiger partial charge in [-0.05, 0) is 42.3 Å². The molecule has 1 unspecified atom stereocenters. The van der Waals surface area contributed by atoms with Crippen LogP contribution in [0.1, 0.15) is 12.0 Å². The van der Waals surface area contributed by atoms with Gasteiger partial charge in [-0.3, -0.25) is 0 Å². The van der Waals surface area contributed by atoms with Crippen LogP contribution in [-0.2, 0) is 26.4 Å². The Morgan fingerprint density at radius 2 is 1.89 bits per heavy atom. The van der Waals surface area contributed by atoms with E-state index >= 15 is 0 Å². The van der Waals surface area contributed by atoms with Crippen LogP contribution in [0.15, 0.2) is 51.8 Å².